The second-order valence-electron chi connectivity index (χ2n) is 17.2. The highest BCUT2D eigenvalue weighted by atomic mass is 31.2. The van der Waals surface area contributed by atoms with Crippen LogP contribution in [-0.4, -0.2) is 14.7 Å². The molecule has 0 aliphatic rings. The Morgan fingerprint density at radius 2 is 0.848 bits per heavy atom. The summed E-state index contributed by atoms with van der Waals surface area (Å²) in [4.78, 5) is 32.9. The van der Waals surface area contributed by atoms with Crippen molar-refractivity contribution < 1.29 is 14.7 Å². The second-order valence-corrected chi connectivity index (χ2v) is 18.8. The summed E-state index contributed by atoms with van der Waals surface area (Å²) >= 11 is 0. The van der Waals surface area contributed by atoms with Gasteiger partial charge in [0, 0.05) is 5.56 Å². The fourth-order valence-electron chi connectivity index (χ4n) is 6.50. The van der Waals surface area contributed by atoms with E-state index in [0.717, 1.165) is 44.0 Å². The molecule has 0 saturated carbocycles. The SMILES string of the molecule is CC(C)(C)c1ccc2cc(-c3cccc([P+](O)(O)O)c3-c3cc4ccc(C(C)(C)C)cc4cc3C(C)(C)C)c(C(C)(C)C)cc2c1. The molecule has 0 aromatic heterocycles. The Morgan fingerprint density at radius 3 is 1.26 bits per heavy atom. The van der Waals surface area contributed by atoms with Gasteiger partial charge in [0.25, 0.3) is 0 Å². The van der Waals surface area contributed by atoms with Gasteiger partial charge in [-0.1, -0.05) is 132 Å². The molecule has 0 saturated heterocycles. The molecule has 5 aromatic rings. The Bertz CT molecular complexity index is 1950. The minimum absolute atomic E-state index is 0.0103. The molecule has 0 atom stereocenters. The molecule has 3 N–H and O–H groups in total. The summed E-state index contributed by atoms with van der Waals surface area (Å²) in [7, 11) is -4.41. The summed E-state index contributed by atoms with van der Waals surface area (Å²) in [5.74, 6) is 0. The van der Waals surface area contributed by atoms with Crippen molar-refractivity contribution in [2.45, 2.75) is 105 Å². The number of hydrogen-bond donors (Lipinski definition) is 3. The van der Waals surface area contributed by atoms with Gasteiger partial charge < -0.3 is 0 Å². The Labute approximate surface area is 276 Å². The molecule has 5 rings (SSSR count). The largest absolute Gasteiger partial charge is 0.441 e. The fraction of sp³-hybridized carbons (Fsp3) is 0.381. The van der Waals surface area contributed by atoms with Crippen LogP contribution in [-0.2, 0) is 21.7 Å². The van der Waals surface area contributed by atoms with Crippen LogP contribution < -0.4 is 5.30 Å². The third-order valence-electron chi connectivity index (χ3n) is 9.23. The predicted molar refractivity (Wildman–Crippen MR) is 200 cm³/mol. The third kappa shape index (κ3) is 6.67. The lowest BCUT2D eigenvalue weighted by molar-refractivity contribution is 0.347. The van der Waals surface area contributed by atoms with Gasteiger partial charge in [-0.25, -0.2) is 0 Å². The van der Waals surface area contributed by atoms with Gasteiger partial charge in [-0.05, 0) is 112 Å². The summed E-state index contributed by atoms with van der Waals surface area (Å²) in [6, 6.07) is 27.9. The summed E-state index contributed by atoms with van der Waals surface area (Å²) in [6.07, 6.45) is 0. The monoisotopic (exact) mass is 635 g/mol. The zero-order valence-electron chi connectivity index (χ0n) is 29.8. The highest BCUT2D eigenvalue weighted by molar-refractivity contribution is 7.67. The Balaban J connectivity index is 1.92. The molecular weight excluding hydrogens is 583 g/mol. The first kappa shape index (κ1) is 34.3. The van der Waals surface area contributed by atoms with Crippen molar-refractivity contribution in [1.82, 2.24) is 0 Å². The molecule has 3 nitrogen and oxygen atoms in total. The van der Waals surface area contributed by atoms with Gasteiger partial charge in [0.2, 0.25) is 0 Å². The van der Waals surface area contributed by atoms with E-state index in [4.69, 9.17) is 0 Å². The maximum absolute atomic E-state index is 11.0. The lowest BCUT2D eigenvalue weighted by Crippen LogP contribution is -2.19. The van der Waals surface area contributed by atoms with Crippen molar-refractivity contribution in [3.8, 4) is 22.3 Å². The molecule has 46 heavy (non-hydrogen) atoms. The van der Waals surface area contributed by atoms with Crippen LogP contribution in [0.4, 0.5) is 0 Å². The van der Waals surface area contributed by atoms with E-state index in [-0.39, 0.29) is 27.0 Å². The minimum Gasteiger partial charge on any atom is -0.189 e. The third-order valence-corrected chi connectivity index (χ3v) is 10.2. The molecule has 5 aromatic carbocycles. The minimum atomic E-state index is -4.41. The van der Waals surface area contributed by atoms with Gasteiger partial charge in [0.15, 0.2) is 5.30 Å². The van der Waals surface area contributed by atoms with Crippen molar-refractivity contribution in [2.24, 2.45) is 0 Å². The van der Waals surface area contributed by atoms with Crippen LogP contribution in [0.1, 0.15) is 105 Å². The van der Waals surface area contributed by atoms with Crippen LogP contribution in [0.25, 0.3) is 43.8 Å². The zero-order chi connectivity index (χ0) is 34.2. The van der Waals surface area contributed by atoms with E-state index in [0.29, 0.717) is 5.56 Å². The molecule has 0 aliphatic heterocycles. The highest BCUT2D eigenvalue weighted by Gasteiger charge is 2.40. The van der Waals surface area contributed by atoms with Crippen molar-refractivity contribution in [3.63, 3.8) is 0 Å². The Hall–Kier alpha value is -3.07. The van der Waals surface area contributed by atoms with Crippen LogP contribution in [0.3, 0.4) is 0 Å². The molecule has 0 bridgehead atoms. The molecule has 0 unspecified atom stereocenters. The molecule has 0 spiro atoms. The van der Waals surface area contributed by atoms with Crippen LogP contribution in [0.15, 0.2) is 78.9 Å². The first-order chi connectivity index (χ1) is 21.0. The predicted octanol–water partition coefficient (Wildman–Crippen LogP) is 10.9. The van der Waals surface area contributed by atoms with E-state index in [2.05, 4.69) is 150 Å². The lowest BCUT2D eigenvalue weighted by atomic mass is 9.76. The van der Waals surface area contributed by atoms with E-state index in [1.165, 1.54) is 16.5 Å². The zero-order valence-corrected chi connectivity index (χ0v) is 30.7. The number of rotatable bonds is 3. The van der Waals surface area contributed by atoms with Crippen molar-refractivity contribution in [2.75, 3.05) is 0 Å². The maximum atomic E-state index is 11.0. The first-order valence-corrected chi connectivity index (χ1v) is 18.0. The van der Waals surface area contributed by atoms with Crippen molar-refractivity contribution in [1.29, 1.82) is 0 Å². The quantitative estimate of drug-likeness (QED) is 0.173. The average molecular weight is 636 g/mol. The Morgan fingerprint density at radius 1 is 0.413 bits per heavy atom. The summed E-state index contributed by atoms with van der Waals surface area (Å²) in [6.45, 7) is 26.6. The molecule has 0 radical (unpaired) electrons. The van der Waals surface area contributed by atoms with Gasteiger partial charge in [0.1, 0.15) is 0 Å². The fourth-order valence-corrected chi connectivity index (χ4v) is 7.32. The molecule has 4 heteroatoms. The van der Waals surface area contributed by atoms with Gasteiger partial charge >= 0.3 is 7.94 Å². The van der Waals surface area contributed by atoms with Crippen LogP contribution in [0, 0.1) is 0 Å². The second kappa shape index (κ2) is 11.3. The molecule has 242 valence electrons. The highest BCUT2D eigenvalue weighted by Crippen LogP contribution is 2.51. The van der Waals surface area contributed by atoms with Gasteiger partial charge in [0.05, 0.1) is 0 Å². The van der Waals surface area contributed by atoms with Crippen molar-refractivity contribution in [3.05, 3.63) is 101 Å². The van der Waals surface area contributed by atoms with Crippen LogP contribution >= 0.6 is 7.94 Å². The van der Waals surface area contributed by atoms with Crippen molar-refractivity contribution >= 4 is 34.8 Å². The number of benzene rings is 5. The van der Waals surface area contributed by atoms with E-state index in [1.807, 2.05) is 6.07 Å². The molecule has 0 amide bonds. The van der Waals surface area contributed by atoms with E-state index in [1.54, 1.807) is 6.07 Å². The standard InChI is InChI=1S/C42H52O3P/c1-39(2,3)30-18-16-26-22-33(35(41(7,8)9)24-28(26)20-30)32-14-13-15-37(46(43,44)45)38(32)34-23-27-17-19-31(40(4,5)6)21-29(27)25-36(34)42(10,11)12/h13-25,43-45H,1-12H3/q+1. The van der Waals surface area contributed by atoms with E-state index >= 15 is 0 Å². The van der Waals surface area contributed by atoms with Gasteiger partial charge in [-0.2, -0.15) is 14.7 Å². The lowest BCUT2D eigenvalue weighted by Gasteiger charge is -2.29. The van der Waals surface area contributed by atoms with Crippen LogP contribution in [0.2, 0.25) is 0 Å². The first-order valence-electron chi connectivity index (χ1n) is 16.4. The topological polar surface area (TPSA) is 60.7 Å². The van der Waals surface area contributed by atoms with Gasteiger partial charge in [-0.3, -0.25) is 0 Å². The maximum Gasteiger partial charge on any atom is 0.441 e. The molecular formula is C42H52O3P+. The Kier molecular flexibility index (Phi) is 8.40. The number of fused-ring (bicyclic) bond motifs is 2. The average Bonchev–Trinajstić information content (AvgIpc) is 2.92. The molecule has 0 aliphatic carbocycles. The van der Waals surface area contributed by atoms with Crippen LogP contribution in [0.5, 0.6) is 0 Å². The summed E-state index contributed by atoms with van der Waals surface area (Å²) in [5.41, 5.74) is 7.83. The molecule has 0 heterocycles. The van der Waals surface area contributed by atoms with Gasteiger partial charge in [-0.15, -0.1) is 0 Å². The number of hydrogen-bond acceptors (Lipinski definition) is 3. The summed E-state index contributed by atoms with van der Waals surface area (Å²) < 4.78 is 0. The summed E-state index contributed by atoms with van der Waals surface area (Å²) in [5, 5.41) is 4.69. The van der Waals surface area contributed by atoms with E-state index < -0.39 is 7.94 Å². The van der Waals surface area contributed by atoms with E-state index in [9.17, 15) is 14.7 Å². The smallest absolute Gasteiger partial charge is 0.189 e. The normalized spacial score (nSPS) is 13.5. The molecule has 0 fully saturated rings.